The summed E-state index contributed by atoms with van der Waals surface area (Å²) in [5, 5.41) is 0. The third-order valence-electron chi connectivity index (χ3n) is 6.21. The molecule has 2 fully saturated rings. The van der Waals surface area contributed by atoms with Crippen molar-refractivity contribution in [2.24, 2.45) is 0 Å². The van der Waals surface area contributed by atoms with Gasteiger partial charge >= 0.3 is 5.69 Å². The minimum absolute atomic E-state index is 0.223. The van der Waals surface area contributed by atoms with Gasteiger partial charge in [-0.15, -0.1) is 13.0 Å². The predicted octanol–water partition coefficient (Wildman–Crippen LogP) is 1.32. The number of hydrogen-bond acceptors (Lipinski definition) is 7. The lowest BCUT2D eigenvalue weighted by Gasteiger charge is -2.35. The van der Waals surface area contributed by atoms with Gasteiger partial charge in [0.25, 0.3) is 5.56 Å². The van der Waals surface area contributed by atoms with Crippen molar-refractivity contribution in [1.82, 2.24) is 9.13 Å². The molecular weight excluding hydrogens is 440 g/mol. The lowest BCUT2D eigenvalue weighted by Crippen LogP contribution is -2.54. The van der Waals surface area contributed by atoms with Crippen molar-refractivity contribution < 1.29 is 23.7 Å². The Morgan fingerprint density at radius 2 is 2.06 bits per heavy atom. The number of benzene rings is 1. The van der Waals surface area contributed by atoms with Crippen molar-refractivity contribution >= 4 is 5.78 Å². The molecule has 9 heteroatoms. The molecule has 4 rings (SSSR count). The Labute approximate surface area is 196 Å². The van der Waals surface area contributed by atoms with E-state index in [1.807, 2.05) is 30.3 Å². The number of aryl methyl sites for hydroxylation is 1. The van der Waals surface area contributed by atoms with Crippen LogP contribution in [0.15, 0.2) is 58.8 Å². The molecule has 2 saturated heterocycles. The molecule has 1 aromatic carbocycles. The fraction of sp³-hybridized carbons (Fsp3) is 0.400. The van der Waals surface area contributed by atoms with Crippen LogP contribution < -0.4 is 11.2 Å². The number of carbonyl (C=O) groups excluding carboxylic acids is 1. The lowest BCUT2D eigenvalue weighted by molar-refractivity contribution is -0.208. The zero-order chi connectivity index (χ0) is 24.5. The summed E-state index contributed by atoms with van der Waals surface area (Å²) in [7, 11) is 1.42. The van der Waals surface area contributed by atoms with E-state index in [0.717, 1.165) is 10.1 Å². The number of fused-ring (bicyclic) bond motifs is 2. The molecular formula is C25H26N2O7. The zero-order valence-corrected chi connectivity index (χ0v) is 19.0. The topological polar surface area (TPSA) is 98.0 Å². The van der Waals surface area contributed by atoms with Gasteiger partial charge in [-0.25, -0.2) is 9.36 Å². The van der Waals surface area contributed by atoms with Crippen LogP contribution in [0.3, 0.4) is 0 Å². The first-order valence-corrected chi connectivity index (χ1v) is 10.8. The number of carbonyl (C=O) groups is 1. The van der Waals surface area contributed by atoms with Crippen molar-refractivity contribution in [3.8, 4) is 12.3 Å². The Kier molecular flexibility index (Phi) is 6.68. The van der Waals surface area contributed by atoms with Gasteiger partial charge in [0.15, 0.2) is 11.8 Å². The van der Waals surface area contributed by atoms with Gasteiger partial charge in [-0.3, -0.25) is 14.2 Å². The van der Waals surface area contributed by atoms with Crippen molar-refractivity contribution in [3.63, 3.8) is 0 Å². The number of nitrogens with zero attached hydrogens (tertiary/aromatic N) is 2. The molecule has 5 atom stereocenters. The number of aromatic nitrogens is 2. The highest BCUT2D eigenvalue weighted by molar-refractivity contribution is 6.03. The maximum absolute atomic E-state index is 13.3. The van der Waals surface area contributed by atoms with Crippen LogP contribution in [0.5, 0.6) is 0 Å². The lowest BCUT2D eigenvalue weighted by atomic mass is 9.86. The quantitative estimate of drug-likeness (QED) is 0.312. The number of hydrogen-bond donors (Lipinski definition) is 0. The van der Waals surface area contributed by atoms with E-state index < -0.39 is 47.2 Å². The van der Waals surface area contributed by atoms with Gasteiger partial charge in [-0.1, -0.05) is 36.4 Å². The summed E-state index contributed by atoms with van der Waals surface area (Å²) in [5.41, 5.74) is -1.54. The number of methoxy groups -OCH3 is 1. The SMILES string of the molecule is C#CC(=O)[C@]12O[C@@H](n3cc(C)c(=O)n(COCc4ccccc4)c3=O)[C@H](O[C@@H]1CC=C)[C@@H]2OC. The molecule has 2 aliphatic rings. The fourth-order valence-electron chi connectivity index (χ4n) is 4.65. The minimum atomic E-state index is -1.59. The standard InChI is InChI=1S/C25H26N2O7/c1-5-10-19-25(18(28)6-2)21(31-4)20(33-19)23(34-25)26-13-16(3)22(29)27(24(26)30)15-32-14-17-11-8-7-9-12-17/h2,5,7-9,11-13,19-21,23H,1,10,14-15H2,3-4H3/t19-,20-,21+,23-,25+/m1/s1. The van der Waals surface area contributed by atoms with Gasteiger partial charge in [0.1, 0.15) is 25.0 Å². The van der Waals surface area contributed by atoms with E-state index in [1.54, 1.807) is 13.0 Å². The van der Waals surface area contributed by atoms with Crippen LogP contribution in [-0.4, -0.2) is 45.9 Å². The molecule has 34 heavy (non-hydrogen) atoms. The van der Waals surface area contributed by atoms with Gasteiger partial charge in [-0.05, 0) is 24.8 Å². The predicted molar refractivity (Wildman–Crippen MR) is 122 cm³/mol. The molecule has 0 radical (unpaired) electrons. The molecule has 2 aromatic rings. The molecule has 2 bridgehead atoms. The summed E-state index contributed by atoms with van der Waals surface area (Å²) in [5.74, 6) is 1.48. The molecule has 0 aliphatic carbocycles. The molecule has 1 aromatic heterocycles. The molecule has 2 aliphatic heterocycles. The molecule has 0 amide bonds. The van der Waals surface area contributed by atoms with Gasteiger partial charge in [0.2, 0.25) is 5.78 Å². The number of terminal acetylenes is 1. The maximum Gasteiger partial charge on any atom is 0.335 e. The van der Waals surface area contributed by atoms with Crippen LogP contribution in [0, 0.1) is 19.3 Å². The first-order chi connectivity index (χ1) is 16.4. The molecule has 3 heterocycles. The summed E-state index contributed by atoms with van der Waals surface area (Å²) in [6.07, 6.45) is 5.34. The third kappa shape index (κ3) is 3.75. The summed E-state index contributed by atoms with van der Waals surface area (Å²) >= 11 is 0. The molecule has 178 valence electrons. The van der Waals surface area contributed by atoms with Gasteiger partial charge in [0.05, 0.1) is 6.61 Å². The van der Waals surface area contributed by atoms with Crippen molar-refractivity contribution in [3.05, 3.63) is 81.1 Å². The summed E-state index contributed by atoms with van der Waals surface area (Å²) < 4.78 is 25.7. The molecule has 0 spiro atoms. The summed E-state index contributed by atoms with van der Waals surface area (Å²) in [6.45, 7) is 5.25. The Hall–Kier alpha value is -3.29. The van der Waals surface area contributed by atoms with Gasteiger partial charge in [-0.2, -0.15) is 0 Å². The normalized spacial score (nSPS) is 27.4. The second-order valence-electron chi connectivity index (χ2n) is 8.24. The van der Waals surface area contributed by atoms with E-state index in [4.69, 9.17) is 25.4 Å². The summed E-state index contributed by atoms with van der Waals surface area (Å²) in [6, 6.07) is 9.38. The monoisotopic (exact) mass is 466 g/mol. The highest BCUT2D eigenvalue weighted by Gasteiger charge is 2.70. The van der Waals surface area contributed by atoms with Crippen LogP contribution in [0.25, 0.3) is 0 Å². The smallest absolute Gasteiger partial charge is 0.335 e. The van der Waals surface area contributed by atoms with E-state index in [1.165, 1.54) is 17.9 Å². The van der Waals surface area contributed by atoms with E-state index >= 15 is 0 Å². The van der Waals surface area contributed by atoms with E-state index in [-0.39, 0.29) is 13.3 Å². The van der Waals surface area contributed by atoms with Crippen molar-refractivity contribution in [1.29, 1.82) is 0 Å². The van der Waals surface area contributed by atoms with E-state index in [2.05, 4.69) is 12.5 Å². The largest absolute Gasteiger partial charge is 0.375 e. The minimum Gasteiger partial charge on any atom is -0.375 e. The fourth-order valence-corrected chi connectivity index (χ4v) is 4.65. The molecule has 0 saturated carbocycles. The van der Waals surface area contributed by atoms with Crippen LogP contribution in [0.2, 0.25) is 0 Å². The third-order valence-corrected chi connectivity index (χ3v) is 6.21. The second-order valence-corrected chi connectivity index (χ2v) is 8.24. The van der Waals surface area contributed by atoms with E-state index in [9.17, 15) is 14.4 Å². The van der Waals surface area contributed by atoms with Crippen LogP contribution in [-0.2, 0) is 37.1 Å². The van der Waals surface area contributed by atoms with Crippen molar-refractivity contribution in [2.45, 2.75) is 56.8 Å². The number of rotatable bonds is 9. The van der Waals surface area contributed by atoms with Gasteiger partial charge in [0, 0.05) is 18.9 Å². The Morgan fingerprint density at radius 1 is 1.32 bits per heavy atom. The highest BCUT2D eigenvalue weighted by Crippen LogP contribution is 2.51. The van der Waals surface area contributed by atoms with Crippen LogP contribution >= 0.6 is 0 Å². The van der Waals surface area contributed by atoms with Gasteiger partial charge < -0.3 is 18.9 Å². The number of ketones is 1. The Bertz CT molecular complexity index is 1240. The number of ether oxygens (including phenoxy) is 4. The zero-order valence-electron chi connectivity index (χ0n) is 19.0. The average Bonchev–Trinajstić information content (AvgIpc) is 3.34. The highest BCUT2D eigenvalue weighted by atomic mass is 16.7. The molecule has 9 nitrogen and oxygen atoms in total. The second kappa shape index (κ2) is 9.52. The first kappa shape index (κ1) is 23.9. The van der Waals surface area contributed by atoms with Crippen molar-refractivity contribution in [2.75, 3.05) is 7.11 Å². The van der Waals surface area contributed by atoms with Crippen LogP contribution in [0.4, 0.5) is 0 Å². The average molecular weight is 466 g/mol. The molecule has 0 unspecified atom stereocenters. The maximum atomic E-state index is 13.3. The first-order valence-electron chi connectivity index (χ1n) is 10.8. The summed E-state index contributed by atoms with van der Waals surface area (Å²) in [4.78, 5) is 38.9. The number of Topliss-reactive ketones (excluding diaryl/α,β-unsaturated/α-hetero) is 1. The Morgan fingerprint density at radius 3 is 2.71 bits per heavy atom. The Balaban J connectivity index is 1.68. The van der Waals surface area contributed by atoms with E-state index in [0.29, 0.717) is 12.0 Å². The molecule has 0 N–H and O–H groups in total. The van der Waals surface area contributed by atoms with Crippen LogP contribution in [0.1, 0.15) is 23.8 Å².